The molecule has 1 aliphatic rings. The predicted molar refractivity (Wildman–Crippen MR) is 64.9 cm³/mol. The van der Waals surface area contributed by atoms with Gasteiger partial charge in [-0.25, -0.2) is 0 Å². The molecule has 2 N–H and O–H groups in total. The molecule has 0 aromatic carbocycles. The van der Waals surface area contributed by atoms with E-state index in [4.69, 9.17) is 5.11 Å². The van der Waals surface area contributed by atoms with Gasteiger partial charge < -0.3 is 10.4 Å². The number of nitrogens with one attached hydrogen (secondary N) is 1. The minimum absolute atomic E-state index is 0.260. The third-order valence-corrected chi connectivity index (χ3v) is 4.01. The fourth-order valence-electron chi connectivity index (χ4n) is 2.21. The van der Waals surface area contributed by atoms with Crippen LogP contribution in [0.2, 0.25) is 0 Å². The molecule has 0 fully saturated rings. The Morgan fingerprint density at radius 2 is 2.50 bits per heavy atom. The van der Waals surface area contributed by atoms with E-state index in [0.29, 0.717) is 12.5 Å². The normalized spacial score (nSPS) is 19.4. The third kappa shape index (κ3) is 2.83. The maximum atomic E-state index is 10.4. The quantitative estimate of drug-likeness (QED) is 0.776. The van der Waals surface area contributed by atoms with Gasteiger partial charge in [-0.2, -0.15) is 0 Å². The third-order valence-electron chi connectivity index (χ3n) is 3.01. The number of rotatable bonds is 5. The summed E-state index contributed by atoms with van der Waals surface area (Å²) in [5, 5.41) is 14.2. The fourth-order valence-corrected chi connectivity index (χ4v) is 3.20. The molecule has 0 spiro atoms. The highest BCUT2D eigenvalue weighted by Gasteiger charge is 2.20. The number of carboxylic acid groups (broad SMARTS) is 1. The lowest BCUT2D eigenvalue weighted by Crippen LogP contribution is -2.25. The van der Waals surface area contributed by atoms with Crippen molar-refractivity contribution in [1.29, 1.82) is 0 Å². The van der Waals surface area contributed by atoms with E-state index in [2.05, 4.69) is 16.8 Å². The van der Waals surface area contributed by atoms with Gasteiger partial charge >= 0.3 is 5.97 Å². The molecular formula is C12H17NO2S. The van der Waals surface area contributed by atoms with Gasteiger partial charge in [0.05, 0.1) is 0 Å². The number of carbonyl (C=O) groups is 1. The molecule has 0 aliphatic heterocycles. The first-order valence-corrected chi connectivity index (χ1v) is 6.67. The lowest BCUT2D eigenvalue weighted by molar-refractivity contribution is -0.137. The first kappa shape index (κ1) is 11.6. The number of fused-ring (bicyclic) bond motifs is 1. The second-order valence-electron chi connectivity index (χ2n) is 4.20. The summed E-state index contributed by atoms with van der Waals surface area (Å²) in [6, 6.07) is 2.65. The fraction of sp³-hybridized carbons (Fsp3) is 0.583. The van der Waals surface area contributed by atoms with Gasteiger partial charge in [0, 0.05) is 17.3 Å². The monoisotopic (exact) mass is 239 g/mol. The molecule has 1 aromatic heterocycles. The molecule has 0 bridgehead atoms. The molecule has 4 heteroatoms. The first-order valence-electron chi connectivity index (χ1n) is 5.79. The van der Waals surface area contributed by atoms with Crippen molar-refractivity contribution in [3.8, 4) is 0 Å². The molecule has 1 heterocycles. The first-order chi connectivity index (χ1) is 7.77. The number of aryl methyl sites for hydroxylation is 1. The van der Waals surface area contributed by atoms with Gasteiger partial charge in [0.1, 0.15) is 0 Å². The van der Waals surface area contributed by atoms with Gasteiger partial charge in [0.15, 0.2) is 0 Å². The van der Waals surface area contributed by atoms with Gasteiger partial charge in [-0.1, -0.05) is 0 Å². The molecule has 1 aliphatic carbocycles. The maximum absolute atomic E-state index is 10.4. The van der Waals surface area contributed by atoms with Crippen LogP contribution in [0.4, 0.5) is 0 Å². The van der Waals surface area contributed by atoms with Crippen molar-refractivity contribution in [3.05, 3.63) is 21.9 Å². The Hall–Kier alpha value is -0.870. The summed E-state index contributed by atoms with van der Waals surface area (Å²) in [4.78, 5) is 11.9. The van der Waals surface area contributed by atoms with Crippen LogP contribution in [-0.2, 0) is 11.2 Å². The van der Waals surface area contributed by atoms with Crippen LogP contribution in [0.5, 0.6) is 0 Å². The summed E-state index contributed by atoms with van der Waals surface area (Å²) in [7, 11) is 0. The molecule has 2 rings (SSSR count). The number of hydrogen-bond acceptors (Lipinski definition) is 3. The molecule has 88 valence electrons. The van der Waals surface area contributed by atoms with Gasteiger partial charge in [-0.05, 0) is 49.2 Å². The molecule has 1 unspecified atom stereocenters. The molecule has 1 aromatic rings. The minimum Gasteiger partial charge on any atom is -0.481 e. The van der Waals surface area contributed by atoms with Crippen molar-refractivity contribution >= 4 is 17.3 Å². The lowest BCUT2D eigenvalue weighted by atomic mass is 9.94. The van der Waals surface area contributed by atoms with E-state index < -0.39 is 5.97 Å². The number of carboxylic acids is 1. The van der Waals surface area contributed by atoms with Crippen LogP contribution in [0, 0.1) is 0 Å². The lowest BCUT2D eigenvalue weighted by Gasteiger charge is -2.23. The zero-order valence-electron chi connectivity index (χ0n) is 9.24. The van der Waals surface area contributed by atoms with E-state index in [1.807, 2.05) is 11.3 Å². The van der Waals surface area contributed by atoms with E-state index in [9.17, 15) is 4.79 Å². The Morgan fingerprint density at radius 1 is 1.62 bits per heavy atom. The van der Waals surface area contributed by atoms with Crippen molar-refractivity contribution in [3.63, 3.8) is 0 Å². The average Bonchev–Trinajstić information content (AvgIpc) is 2.72. The molecule has 0 saturated heterocycles. The maximum Gasteiger partial charge on any atom is 0.303 e. The van der Waals surface area contributed by atoms with Crippen molar-refractivity contribution in [2.45, 2.75) is 38.1 Å². The highest BCUT2D eigenvalue weighted by atomic mass is 32.1. The van der Waals surface area contributed by atoms with Crippen LogP contribution in [0.15, 0.2) is 11.4 Å². The molecule has 0 amide bonds. The summed E-state index contributed by atoms with van der Waals surface area (Å²) in [6.07, 6.45) is 4.60. The molecule has 1 atom stereocenters. The molecule has 3 nitrogen and oxygen atoms in total. The van der Waals surface area contributed by atoms with Gasteiger partial charge in [-0.15, -0.1) is 11.3 Å². The van der Waals surface area contributed by atoms with E-state index in [1.54, 1.807) is 0 Å². The standard InChI is InChI=1S/C12H17NO2S/c14-12(15)5-2-7-13-10-3-1-4-11-9(10)6-8-16-11/h6,8,10,13H,1-5,7H2,(H,14,15). The summed E-state index contributed by atoms with van der Waals surface area (Å²) in [5.41, 5.74) is 1.44. The average molecular weight is 239 g/mol. The Kier molecular flexibility index (Phi) is 3.96. The van der Waals surface area contributed by atoms with Crippen molar-refractivity contribution < 1.29 is 9.90 Å². The topological polar surface area (TPSA) is 49.3 Å². The van der Waals surface area contributed by atoms with E-state index >= 15 is 0 Å². The van der Waals surface area contributed by atoms with Crippen LogP contribution in [-0.4, -0.2) is 17.6 Å². The van der Waals surface area contributed by atoms with Crippen molar-refractivity contribution in [2.75, 3.05) is 6.54 Å². The Labute approximate surface area is 99.5 Å². The van der Waals surface area contributed by atoms with E-state index in [1.165, 1.54) is 29.7 Å². The molecular weight excluding hydrogens is 222 g/mol. The molecule has 0 saturated carbocycles. The van der Waals surface area contributed by atoms with Crippen LogP contribution in [0.1, 0.15) is 42.2 Å². The van der Waals surface area contributed by atoms with Crippen molar-refractivity contribution in [1.82, 2.24) is 5.32 Å². The highest BCUT2D eigenvalue weighted by molar-refractivity contribution is 7.10. The molecule has 0 radical (unpaired) electrons. The second-order valence-corrected chi connectivity index (χ2v) is 5.20. The summed E-state index contributed by atoms with van der Waals surface area (Å²) < 4.78 is 0. The predicted octanol–water partition coefficient (Wildman–Crippen LogP) is 2.58. The Balaban J connectivity index is 1.81. The zero-order chi connectivity index (χ0) is 11.4. The second kappa shape index (κ2) is 5.46. The Morgan fingerprint density at radius 3 is 3.31 bits per heavy atom. The number of aliphatic carboxylic acids is 1. The SMILES string of the molecule is O=C(O)CCCNC1CCCc2sccc21. The van der Waals surface area contributed by atoms with Crippen LogP contribution < -0.4 is 5.32 Å². The highest BCUT2D eigenvalue weighted by Crippen LogP contribution is 2.33. The van der Waals surface area contributed by atoms with Crippen LogP contribution in [0.3, 0.4) is 0 Å². The van der Waals surface area contributed by atoms with Gasteiger partial charge in [0.25, 0.3) is 0 Å². The minimum atomic E-state index is -0.707. The summed E-state index contributed by atoms with van der Waals surface area (Å²) in [6.45, 7) is 0.798. The van der Waals surface area contributed by atoms with Gasteiger partial charge in [-0.3, -0.25) is 4.79 Å². The largest absolute Gasteiger partial charge is 0.481 e. The van der Waals surface area contributed by atoms with Crippen LogP contribution >= 0.6 is 11.3 Å². The number of hydrogen-bond donors (Lipinski definition) is 2. The Bertz CT molecular complexity index is 362. The van der Waals surface area contributed by atoms with Crippen molar-refractivity contribution in [2.24, 2.45) is 0 Å². The summed E-state index contributed by atoms with van der Waals surface area (Å²) in [5.74, 6) is -0.707. The summed E-state index contributed by atoms with van der Waals surface area (Å²) >= 11 is 1.84. The zero-order valence-corrected chi connectivity index (χ0v) is 10.1. The number of thiophene rings is 1. The van der Waals surface area contributed by atoms with E-state index in [0.717, 1.165) is 6.54 Å². The van der Waals surface area contributed by atoms with E-state index in [-0.39, 0.29) is 6.42 Å². The molecule has 16 heavy (non-hydrogen) atoms. The van der Waals surface area contributed by atoms with Gasteiger partial charge in [0.2, 0.25) is 0 Å². The van der Waals surface area contributed by atoms with Crippen LogP contribution in [0.25, 0.3) is 0 Å². The smallest absolute Gasteiger partial charge is 0.303 e.